The second kappa shape index (κ2) is 11.9. The van der Waals surface area contributed by atoms with E-state index in [1.165, 1.54) is 36.2 Å². The lowest BCUT2D eigenvalue weighted by Crippen LogP contribution is -2.50. The number of aryl methyl sites for hydroxylation is 1. The predicted octanol–water partition coefficient (Wildman–Crippen LogP) is 4.77. The van der Waals surface area contributed by atoms with Gasteiger partial charge in [0.1, 0.15) is 12.6 Å². The number of sulfonamides is 1. The summed E-state index contributed by atoms with van der Waals surface area (Å²) in [5.41, 5.74) is 1.85. The van der Waals surface area contributed by atoms with Crippen molar-refractivity contribution in [2.45, 2.75) is 31.3 Å². The summed E-state index contributed by atoms with van der Waals surface area (Å²) in [6.45, 7) is 3.02. The van der Waals surface area contributed by atoms with Crippen LogP contribution in [0.25, 0.3) is 0 Å². The molecular weight excluding hydrogens is 566 g/mol. The molecule has 190 valence electrons. The maximum atomic E-state index is 13.7. The molecule has 1 atom stereocenters. The summed E-state index contributed by atoms with van der Waals surface area (Å²) >= 11 is 9.36. The van der Waals surface area contributed by atoms with Gasteiger partial charge in [-0.05, 0) is 67.4 Å². The van der Waals surface area contributed by atoms with E-state index in [1.807, 2.05) is 24.3 Å². The molecule has 3 aromatic carbocycles. The quantitative estimate of drug-likeness (QED) is 0.388. The lowest BCUT2D eigenvalue weighted by atomic mass is 10.1. The molecule has 3 rings (SSSR count). The molecule has 0 aliphatic heterocycles. The van der Waals surface area contributed by atoms with Gasteiger partial charge < -0.3 is 10.2 Å². The first kappa shape index (κ1) is 27.7. The van der Waals surface area contributed by atoms with Crippen LogP contribution in [0.4, 0.5) is 5.69 Å². The molecule has 0 radical (unpaired) electrons. The number of amides is 2. The van der Waals surface area contributed by atoms with Crippen molar-refractivity contribution in [3.63, 3.8) is 0 Å². The van der Waals surface area contributed by atoms with Gasteiger partial charge in [0, 0.05) is 23.1 Å². The van der Waals surface area contributed by atoms with E-state index in [-0.39, 0.29) is 17.3 Å². The molecule has 0 saturated heterocycles. The van der Waals surface area contributed by atoms with Crippen molar-refractivity contribution in [1.29, 1.82) is 0 Å². The Morgan fingerprint density at radius 1 is 1.00 bits per heavy atom. The number of hydrogen-bond acceptors (Lipinski definition) is 4. The van der Waals surface area contributed by atoms with Gasteiger partial charge in [-0.25, -0.2) is 8.42 Å². The van der Waals surface area contributed by atoms with Gasteiger partial charge in [0.2, 0.25) is 11.8 Å². The number of benzene rings is 3. The van der Waals surface area contributed by atoms with Crippen molar-refractivity contribution in [3.05, 3.63) is 93.4 Å². The molecule has 1 N–H and O–H groups in total. The van der Waals surface area contributed by atoms with Gasteiger partial charge in [-0.3, -0.25) is 13.9 Å². The van der Waals surface area contributed by atoms with Crippen LogP contribution in [0, 0.1) is 6.92 Å². The largest absolute Gasteiger partial charge is 0.357 e. The third-order valence-electron chi connectivity index (χ3n) is 5.74. The number of nitrogens with zero attached hydrogens (tertiary/aromatic N) is 2. The molecule has 3 aromatic rings. The highest BCUT2D eigenvalue weighted by atomic mass is 79.9. The Hall–Kier alpha value is -2.88. The second-order valence-corrected chi connectivity index (χ2v) is 11.4. The zero-order valence-electron chi connectivity index (χ0n) is 20.1. The fourth-order valence-corrected chi connectivity index (χ4v) is 5.54. The SMILES string of the molecule is CNC(=O)[C@@H](C)N(Cc1ccc(Br)cc1)C(=O)CN(c1ccccc1C)S(=O)(=O)c1ccc(Cl)cc1. The van der Waals surface area contributed by atoms with Crippen LogP contribution in [0.1, 0.15) is 18.1 Å². The summed E-state index contributed by atoms with van der Waals surface area (Å²) in [4.78, 5) is 27.6. The molecule has 0 heterocycles. The van der Waals surface area contributed by atoms with E-state index in [4.69, 9.17) is 11.6 Å². The molecule has 0 unspecified atom stereocenters. The maximum Gasteiger partial charge on any atom is 0.264 e. The summed E-state index contributed by atoms with van der Waals surface area (Å²) in [6, 6.07) is 19.2. The summed E-state index contributed by atoms with van der Waals surface area (Å²) in [5.74, 6) is -0.877. The van der Waals surface area contributed by atoms with E-state index in [0.29, 0.717) is 16.3 Å². The standard InChI is InChI=1S/C26H27BrClN3O4S/c1-18-6-4-5-7-24(18)31(36(34,35)23-14-12-22(28)13-15-23)17-25(32)30(19(2)26(33)29-3)16-20-8-10-21(27)11-9-20/h4-15,19H,16-17H2,1-3H3,(H,29,33)/t19-/m1/s1. The van der Waals surface area contributed by atoms with Crippen LogP contribution in [0.15, 0.2) is 82.2 Å². The molecule has 2 amide bonds. The zero-order chi connectivity index (χ0) is 26.5. The number of para-hydroxylation sites is 1. The minimum atomic E-state index is -4.13. The van der Waals surface area contributed by atoms with E-state index < -0.39 is 28.5 Å². The van der Waals surface area contributed by atoms with E-state index in [9.17, 15) is 18.0 Å². The summed E-state index contributed by atoms with van der Waals surface area (Å²) in [5, 5.41) is 2.96. The summed E-state index contributed by atoms with van der Waals surface area (Å²) in [6.07, 6.45) is 0. The lowest BCUT2D eigenvalue weighted by molar-refractivity contribution is -0.139. The molecule has 36 heavy (non-hydrogen) atoms. The molecule has 0 spiro atoms. The van der Waals surface area contributed by atoms with Crippen molar-refractivity contribution in [2.75, 3.05) is 17.9 Å². The van der Waals surface area contributed by atoms with Crippen molar-refractivity contribution < 1.29 is 18.0 Å². The van der Waals surface area contributed by atoms with Crippen LogP contribution in [0.5, 0.6) is 0 Å². The van der Waals surface area contributed by atoms with Gasteiger partial charge in [0.25, 0.3) is 10.0 Å². The van der Waals surface area contributed by atoms with Gasteiger partial charge >= 0.3 is 0 Å². The Kier molecular flexibility index (Phi) is 9.16. The summed E-state index contributed by atoms with van der Waals surface area (Å²) < 4.78 is 29.4. The Labute approximate surface area is 225 Å². The first-order chi connectivity index (χ1) is 17.0. The molecule has 0 aromatic heterocycles. The van der Waals surface area contributed by atoms with Gasteiger partial charge in [0.05, 0.1) is 10.6 Å². The second-order valence-electron chi connectivity index (χ2n) is 8.19. The van der Waals surface area contributed by atoms with Crippen molar-refractivity contribution in [1.82, 2.24) is 10.2 Å². The van der Waals surface area contributed by atoms with Crippen LogP contribution in [-0.2, 0) is 26.2 Å². The Balaban J connectivity index is 2.04. The minimum absolute atomic E-state index is 0.00163. The molecule has 0 aliphatic carbocycles. The van der Waals surface area contributed by atoms with E-state index in [2.05, 4.69) is 21.2 Å². The van der Waals surface area contributed by atoms with Crippen LogP contribution in [0.3, 0.4) is 0 Å². The molecule has 0 saturated carbocycles. The third kappa shape index (κ3) is 6.46. The highest BCUT2D eigenvalue weighted by molar-refractivity contribution is 9.10. The lowest BCUT2D eigenvalue weighted by Gasteiger charge is -2.32. The highest BCUT2D eigenvalue weighted by Gasteiger charge is 2.32. The summed E-state index contributed by atoms with van der Waals surface area (Å²) in [7, 11) is -2.64. The average molecular weight is 593 g/mol. The number of rotatable bonds is 9. The number of carbonyl (C=O) groups excluding carboxylic acids is 2. The van der Waals surface area contributed by atoms with Gasteiger partial charge in [-0.1, -0.05) is 57.9 Å². The molecular formula is C26H27BrClN3O4S. The molecule has 0 fully saturated rings. The van der Waals surface area contributed by atoms with Gasteiger partial charge in [0.15, 0.2) is 0 Å². The topological polar surface area (TPSA) is 86.8 Å². The van der Waals surface area contributed by atoms with Crippen LogP contribution in [0.2, 0.25) is 5.02 Å². The number of carbonyl (C=O) groups is 2. The molecule has 10 heteroatoms. The fraction of sp³-hybridized carbons (Fsp3) is 0.231. The first-order valence-electron chi connectivity index (χ1n) is 11.1. The van der Waals surface area contributed by atoms with E-state index in [1.54, 1.807) is 38.1 Å². The Morgan fingerprint density at radius 3 is 2.19 bits per heavy atom. The van der Waals surface area contributed by atoms with Crippen LogP contribution >= 0.6 is 27.5 Å². The van der Waals surface area contributed by atoms with Crippen molar-refractivity contribution in [2.24, 2.45) is 0 Å². The smallest absolute Gasteiger partial charge is 0.264 e. The number of nitrogens with one attached hydrogen (secondary N) is 1. The Morgan fingerprint density at radius 2 is 1.61 bits per heavy atom. The zero-order valence-corrected chi connectivity index (χ0v) is 23.3. The normalized spacial score (nSPS) is 12.0. The fourth-order valence-electron chi connectivity index (χ4n) is 3.67. The number of likely N-dealkylation sites (N-methyl/N-ethyl adjacent to an activating group) is 1. The third-order valence-corrected chi connectivity index (χ3v) is 8.30. The molecule has 0 bridgehead atoms. The van der Waals surface area contributed by atoms with E-state index >= 15 is 0 Å². The van der Waals surface area contributed by atoms with Gasteiger partial charge in [-0.2, -0.15) is 0 Å². The van der Waals surface area contributed by atoms with Crippen LogP contribution in [-0.4, -0.2) is 44.8 Å². The maximum absolute atomic E-state index is 13.7. The average Bonchev–Trinajstić information content (AvgIpc) is 2.86. The molecule has 7 nitrogen and oxygen atoms in total. The predicted molar refractivity (Wildman–Crippen MR) is 145 cm³/mol. The van der Waals surface area contributed by atoms with Crippen molar-refractivity contribution >= 4 is 55.1 Å². The van der Waals surface area contributed by atoms with Crippen LogP contribution < -0.4 is 9.62 Å². The van der Waals surface area contributed by atoms with E-state index in [0.717, 1.165) is 14.3 Å². The monoisotopic (exact) mass is 591 g/mol. The van der Waals surface area contributed by atoms with Gasteiger partial charge in [-0.15, -0.1) is 0 Å². The highest BCUT2D eigenvalue weighted by Crippen LogP contribution is 2.28. The first-order valence-corrected chi connectivity index (χ1v) is 13.7. The minimum Gasteiger partial charge on any atom is -0.357 e. The molecule has 0 aliphatic rings. The number of hydrogen-bond donors (Lipinski definition) is 1. The van der Waals surface area contributed by atoms with Crippen molar-refractivity contribution in [3.8, 4) is 0 Å². The number of halogens is 2. The Bertz CT molecular complexity index is 1330. The number of anilines is 1.